The minimum atomic E-state index is -1.22. The third-order valence-electron chi connectivity index (χ3n) is 1.83. The fourth-order valence-electron chi connectivity index (χ4n) is 0.985. The molecule has 13 heavy (non-hydrogen) atoms. The van der Waals surface area contributed by atoms with Gasteiger partial charge < -0.3 is 5.73 Å². The smallest absolute Gasteiger partial charge is 0.114 e. The number of pyridine rings is 1. The molecular formula is C10H14N2Si. The van der Waals surface area contributed by atoms with E-state index in [-0.39, 0.29) is 0 Å². The maximum absolute atomic E-state index is 5.09. The number of nitrogens with two attached hydrogens (primary N) is 1. The summed E-state index contributed by atoms with van der Waals surface area (Å²) in [6.07, 6.45) is 1.91. The van der Waals surface area contributed by atoms with Crippen LogP contribution in [0.25, 0.3) is 0 Å². The summed E-state index contributed by atoms with van der Waals surface area (Å²) in [7, 11) is -1.22. The lowest BCUT2D eigenvalue weighted by molar-refractivity contribution is 1.30. The lowest BCUT2D eigenvalue weighted by Gasteiger charge is -2.15. The van der Waals surface area contributed by atoms with Crippen LogP contribution in [0.15, 0.2) is 18.3 Å². The van der Waals surface area contributed by atoms with Crippen molar-refractivity contribution in [1.82, 2.24) is 4.98 Å². The molecule has 1 aromatic rings. The molecule has 3 heteroatoms. The van der Waals surface area contributed by atoms with E-state index in [0.29, 0.717) is 0 Å². The van der Waals surface area contributed by atoms with E-state index in [1.165, 1.54) is 5.19 Å². The van der Waals surface area contributed by atoms with Gasteiger partial charge in [0.2, 0.25) is 0 Å². The van der Waals surface area contributed by atoms with Gasteiger partial charge in [-0.1, -0.05) is 25.7 Å². The van der Waals surface area contributed by atoms with E-state index in [1.54, 1.807) is 0 Å². The van der Waals surface area contributed by atoms with Gasteiger partial charge in [0.1, 0.15) is 5.69 Å². The van der Waals surface area contributed by atoms with Crippen LogP contribution in [0, 0.1) is 12.0 Å². The van der Waals surface area contributed by atoms with Crippen molar-refractivity contribution >= 4 is 13.3 Å². The minimum absolute atomic E-state index is 0.740. The molecule has 0 unspecified atom stereocenters. The Morgan fingerprint density at radius 2 is 2.00 bits per heavy atom. The van der Waals surface area contributed by atoms with Crippen molar-refractivity contribution in [3.63, 3.8) is 0 Å². The van der Waals surface area contributed by atoms with Gasteiger partial charge in [-0.15, -0.1) is 0 Å². The predicted octanol–water partition coefficient (Wildman–Crippen LogP) is 0.894. The first-order valence-electron chi connectivity index (χ1n) is 4.22. The van der Waals surface area contributed by atoms with Crippen molar-refractivity contribution in [3.05, 3.63) is 24.0 Å². The topological polar surface area (TPSA) is 38.9 Å². The molecule has 0 radical (unpaired) electrons. The fraction of sp³-hybridized carbons (Fsp3) is 0.300. The summed E-state index contributed by atoms with van der Waals surface area (Å²) in [5, 5.41) is 1.34. The molecule has 0 bridgehead atoms. The number of hydrogen-bond donors (Lipinski definition) is 1. The lowest BCUT2D eigenvalue weighted by Crippen LogP contribution is -2.37. The second kappa shape index (κ2) is 3.63. The van der Waals surface area contributed by atoms with Crippen molar-refractivity contribution < 1.29 is 0 Å². The largest absolute Gasteiger partial charge is 0.359 e. The second-order valence-corrected chi connectivity index (χ2v) is 9.03. The van der Waals surface area contributed by atoms with Gasteiger partial charge in [-0.25, -0.2) is 4.98 Å². The zero-order chi connectivity index (χ0) is 9.90. The van der Waals surface area contributed by atoms with Crippen LogP contribution >= 0.6 is 0 Å². The summed E-state index contributed by atoms with van der Waals surface area (Å²) in [6, 6.07) is 6.36. The minimum Gasteiger partial charge on any atom is -0.359 e. The normalized spacial score (nSPS) is 10.4. The average molecular weight is 190 g/mol. The van der Waals surface area contributed by atoms with Crippen LogP contribution in [0.4, 0.5) is 0 Å². The molecule has 0 fully saturated rings. The summed E-state index contributed by atoms with van der Waals surface area (Å²) in [5.74, 6) is 2.72. The number of hydrogen-bond acceptors (Lipinski definition) is 2. The predicted molar refractivity (Wildman–Crippen MR) is 58.3 cm³/mol. The maximum atomic E-state index is 5.09. The molecule has 68 valence electrons. The van der Waals surface area contributed by atoms with Crippen molar-refractivity contribution in [3.8, 4) is 12.0 Å². The van der Waals surface area contributed by atoms with E-state index in [9.17, 15) is 0 Å². The van der Waals surface area contributed by atoms with Gasteiger partial charge in [0.05, 0.1) is 8.07 Å². The number of rotatable bonds is 1. The van der Waals surface area contributed by atoms with Crippen LogP contribution in [0.3, 0.4) is 0 Å². The highest BCUT2D eigenvalue weighted by Gasteiger charge is 2.15. The Morgan fingerprint density at radius 1 is 1.31 bits per heavy atom. The van der Waals surface area contributed by atoms with E-state index in [1.807, 2.05) is 12.3 Å². The molecule has 0 saturated heterocycles. The van der Waals surface area contributed by atoms with Crippen LogP contribution in [0.2, 0.25) is 19.6 Å². The molecule has 1 heterocycles. The standard InChI is InChI=1S/C10H14N2Si/c1-13(2,3)10-5-4-9(6-7-11)12-8-10/h4-5,8H,11H2,1-3H3. The fourth-order valence-corrected chi connectivity index (χ4v) is 2.02. The maximum Gasteiger partial charge on any atom is 0.114 e. The van der Waals surface area contributed by atoms with Gasteiger partial charge in [-0.3, -0.25) is 0 Å². The Morgan fingerprint density at radius 3 is 2.38 bits per heavy atom. The summed E-state index contributed by atoms with van der Waals surface area (Å²) in [6.45, 7) is 6.87. The Balaban J connectivity index is 2.98. The highest BCUT2D eigenvalue weighted by atomic mass is 28.3. The summed E-state index contributed by atoms with van der Waals surface area (Å²) >= 11 is 0. The van der Waals surface area contributed by atoms with E-state index < -0.39 is 8.07 Å². The van der Waals surface area contributed by atoms with Gasteiger partial charge in [-0.2, -0.15) is 0 Å². The van der Waals surface area contributed by atoms with Crippen LogP contribution in [0.5, 0.6) is 0 Å². The average Bonchev–Trinajstić information content (AvgIpc) is 2.04. The molecule has 0 aliphatic rings. The van der Waals surface area contributed by atoms with Gasteiger partial charge in [0.15, 0.2) is 0 Å². The van der Waals surface area contributed by atoms with Crippen LogP contribution in [-0.4, -0.2) is 13.1 Å². The lowest BCUT2D eigenvalue weighted by atomic mass is 10.4. The SMILES string of the molecule is C[Si](C)(C)c1ccc(C#CN)nc1. The Labute approximate surface area is 80.2 Å². The molecule has 0 aromatic carbocycles. The molecule has 2 nitrogen and oxygen atoms in total. The zero-order valence-electron chi connectivity index (χ0n) is 8.26. The van der Waals surface area contributed by atoms with E-state index in [0.717, 1.165) is 5.69 Å². The van der Waals surface area contributed by atoms with Gasteiger partial charge in [0.25, 0.3) is 0 Å². The first kappa shape index (κ1) is 9.81. The molecule has 0 atom stereocenters. The zero-order valence-corrected chi connectivity index (χ0v) is 9.26. The van der Waals surface area contributed by atoms with Crippen LogP contribution < -0.4 is 10.9 Å². The molecule has 0 aliphatic heterocycles. The Hall–Kier alpha value is -1.27. The molecule has 0 saturated carbocycles. The Bertz CT molecular complexity index is 338. The summed E-state index contributed by atoms with van der Waals surface area (Å²) in [5.41, 5.74) is 5.83. The molecule has 1 rings (SSSR count). The molecule has 0 aliphatic carbocycles. The molecular weight excluding hydrogens is 176 g/mol. The van der Waals surface area contributed by atoms with Gasteiger partial charge >= 0.3 is 0 Å². The monoisotopic (exact) mass is 190 g/mol. The first-order valence-corrected chi connectivity index (χ1v) is 7.72. The Kier molecular flexibility index (Phi) is 2.74. The molecule has 0 amide bonds. The van der Waals surface area contributed by atoms with E-state index >= 15 is 0 Å². The second-order valence-electron chi connectivity index (χ2n) is 3.95. The van der Waals surface area contributed by atoms with Gasteiger partial charge in [-0.05, 0) is 17.2 Å². The number of aromatic nitrogens is 1. The highest BCUT2D eigenvalue weighted by Crippen LogP contribution is 2.01. The summed E-state index contributed by atoms with van der Waals surface area (Å²) in [4.78, 5) is 4.22. The van der Waals surface area contributed by atoms with E-state index in [4.69, 9.17) is 5.73 Å². The van der Waals surface area contributed by atoms with Crippen LogP contribution in [-0.2, 0) is 0 Å². The molecule has 1 aromatic heterocycles. The first-order chi connectivity index (χ1) is 6.04. The van der Waals surface area contributed by atoms with Crippen molar-refractivity contribution in [2.24, 2.45) is 5.73 Å². The van der Waals surface area contributed by atoms with Crippen molar-refractivity contribution in [2.75, 3.05) is 0 Å². The quantitative estimate of drug-likeness (QED) is 0.406. The summed E-state index contributed by atoms with van der Waals surface area (Å²) < 4.78 is 0. The van der Waals surface area contributed by atoms with E-state index in [2.05, 4.69) is 42.7 Å². The molecule has 0 spiro atoms. The third kappa shape index (κ3) is 2.60. The van der Waals surface area contributed by atoms with Gasteiger partial charge in [0, 0.05) is 12.2 Å². The van der Waals surface area contributed by atoms with Crippen molar-refractivity contribution in [1.29, 1.82) is 0 Å². The molecule has 2 N–H and O–H groups in total. The third-order valence-corrected chi connectivity index (χ3v) is 3.86. The number of nitrogens with zero attached hydrogens (tertiary/aromatic N) is 1. The highest BCUT2D eigenvalue weighted by molar-refractivity contribution is 6.88. The van der Waals surface area contributed by atoms with Crippen LogP contribution in [0.1, 0.15) is 5.69 Å². The van der Waals surface area contributed by atoms with Crippen molar-refractivity contribution in [2.45, 2.75) is 19.6 Å².